The Hall–Kier alpha value is -3.62. The topological polar surface area (TPSA) is 118 Å². The number of halogens is 1. The van der Waals surface area contributed by atoms with Crippen molar-refractivity contribution in [3.63, 3.8) is 0 Å². The van der Waals surface area contributed by atoms with Crippen molar-refractivity contribution < 1.29 is 19.1 Å². The van der Waals surface area contributed by atoms with Gasteiger partial charge in [-0.2, -0.15) is 10.2 Å². The summed E-state index contributed by atoms with van der Waals surface area (Å²) in [6, 6.07) is 8.53. The van der Waals surface area contributed by atoms with Crippen LogP contribution in [0.5, 0.6) is 5.75 Å². The van der Waals surface area contributed by atoms with E-state index in [9.17, 15) is 19.1 Å². The Morgan fingerprint density at radius 3 is 2.81 bits per heavy atom. The first-order chi connectivity index (χ1) is 15.3. The highest BCUT2D eigenvalue weighted by molar-refractivity contribution is 6.00. The molecule has 2 amide bonds. The SMILES string of the molecule is Cc1ccc(N=NCC=N)c(C(=O)N2CC(C(=O)Nc3cc(F)ccc3O)CC[C@H]2C)c1. The van der Waals surface area contributed by atoms with Crippen LogP contribution in [0.2, 0.25) is 0 Å². The van der Waals surface area contributed by atoms with Gasteiger partial charge in [0.1, 0.15) is 11.6 Å². The molecule has 9 heteroatoms. The second-order valence-corrected chi connectivity index (χ2v) is 7.88. The number of nitrogens with zero attached hydrogens (tertiary/aromatic N) is 3. The zero-order chi connectivity index (χ0) is 23.3. The van der Waals surface area contributed by atoms with Crippen molar-refractivity contribution in [1.82, 2.24) is 4.90 Å². The van der Waals surface area contributed by atoms with Crippen molar-refractivity contribution in [2.75, 3.05) is 18.4 Å². The fourth-order valence-electron chi connectivity index (χ4n) is 3.67. The lowest BCUT2D eigenvalue weighted by molar-refractivity contribution is -0.121. The van der Waals surface area contributed by atoms with Crippen molar-refractivity contribution in [3.05, 3.63) is 53.3 Å². The first kappa shape index (κ1) is 23.1. The summed E-state index contributed by atoms with van der Waals surface area (Å²) >= 11 is 0. The van der Waals surface area contributed by atoms with E-state index in [1.165, 1.54) is 6.07 Å². The zero-order valence-corrected chi connectivity index (χ0v) is 18.0. The van der Waals surface area contributed by atoms with E-state index >= 15 is 0 Å². The molecule has 1 unspecified atom stereocenters. The highest BCUT2D eigenvalue weighted by atomic mass is 19.1. The molecule has 2 aromatic carbocycles. The van der Waals surface area contributed by atoms with E-state index in [-0.39, 0.29) is 42.4 Å². The molecule has 0 saturated carbocycles. The largest absolute Gasteiger partial charge is 0.506 e. The van der Waals surface area contributed by atoms with E-state index in [0.29, 0.717) is 24.1 Å². The van der Waals surface area contributed by atoms with Crippen LogP contribution in [0.1, 0.15) is 35.7 Å². The van der Waals surface area contributed by atoms with Crippen LogP contribution in [-0.2, 0) is 4.79 Å². The molecule has 0 spiro atoms. The van der Waals surface area contributed by atoms with Gasteiger partial charge in [-0.25, -0.2) is 4.39 Å². The van der Waals surface area contributed by atoms with Gasteiger partial charge < -0.3 is 20.7 Å². The Morgan fingerprint density at radius 1 is 1.28 bits per heavy atom. The van der Waals surface area contributed by atoms with E-state index in [1.54, 1.807) is 17.0 Å². The van der Waals surface area contributed by atoms with E-state index in [4.69, 9.17) is 5.41 Å². The van der Waals surface area contributed by atoms with E-state index in [0.717, 1.165) is 23.9 Å². The molecule has 1 fully saturated rings. The third-order valence-electron chi connectivity index (χ3n) is 5.46. The Labute approximate surface area is 185 Å². The smallest absolute Gasteiger partial charge is 0.256 e. The van der Waals surface area contributed by atoms with Gasteiger partial charge in [-0.05, 0) is 51.0 Å². The minimum atomic E-state index is -0.573. The number of hydrogen-bond donors (Lipinski definition) is 3. The lowest BCUT2D eigenvalue weighted by Gasteiger charge is -2.37. The molecular formula is C23H26FN5O3. The molecule has 0 aliphatic carbocycles. The zero-order valence-electron chi connectivity index (χ0n) is 18.0. The van der Waals surface area contributed by atoms with E-state index in [2.05, 4.69) is 15.5 Å². The maximum Gasteiger partial charge on any atom is 0.256 e. The maximum absolute atomic E-state index is 13.5. The number of carbonyl (C=O) groups excluding carboxylic acids is 2. The number of piperidine rings is 1. The molecule has 1 saturated heterocycles. The molecule has 0 aromatic heterocycles. The number of aromatic hydroxyl groups is 1. The third kappa shape index (κ3) is 5.35. The van der Waals surface area contributed by atoms with Crippen LogP contribution < -0.4 is 5.32 Å². The minimum Gasteiger partial charge on any atom is -0.506 e. The molecular weight excluding hydrogens is 413 g/mol. The summed E-state index contributed by atoms with van der Waals surface area (Å²) in [6.07, 6.45) is 2.30. The molecule has 0 radical (unpaired) electrons. The number of benzene rings is 2. The lowest BCUT2D eigenvalue weighted by Crippen LogP contribution is -2.48. The van der Waals surface area contributed by atoms with Crippen molar-refractivity contribution in [2.24, 2.45) is 16.1 Å². The van der Waals surface area contributed by atoms with Crippen LogP contribution in [0.15, 0.2) is 46.6 Å². The van der Waals surface area contributed by atoms with Gasteiger partial charge in [0, 0.05) is 24.9 Å². The average Bonchev–Trinajstić information content (AvgIpc) is 2.77. The predicted octanol–water partition coefficient (Wildman–Crippen LogP) is 4.45. The molecule has 3 N–H and O–H groups in total. The number of carbonyl (C=O) groups is 2. The number of aryl methyl sites for hydroxylation is 1. The van der Waals surface area contributed by atoms with Crippen LogP contribution >= 0.6 is 0 Å². The second kappa shape index (κ2) is 10.1. The molecule has 0 bridgehead atoms. The minimum absolute atomic E-state index is 0.000853. The summed E-state index contributed by atoms with van der Waals surface area (Å²) in [7, 11) is 0. The van der Waals surface area contributed by atoms with Crippen molar-refractivity contribution in [2.45, 2.75) is 32.7 Å². The van der Waals surface area contributed by atoms with Crippen LogP contribution in [0.4, 0.5) is 15.8 Å². The van der Waals surface area contributed by atoms with E-state index in [1.807, 2.05) is 19.9 Å². The van der Waals surface area contributed by atoms with Crippen LogP contribution in [-0.4, -0.2) is 47.2 Å². The van der Waals surface area contributed by atoms with Gasteiger partial charge in [-0.3, -0.25) is 9.59 Å². The number of phenols is 1. The first-order valence-electron chi connectivity index (χ1n) is 10.4. The summed E-state index contributed by atoms with van der Waals surface area (Å²) < 4.78 is 13.5. The van der Waals surface area contributed by atoms with Crippen molar-refractivity contribution in [3.8, 4) is 5.75 Å². The van der Waals surface area contributed by atoms with Gasteiger partial charge in [-0.1, -0.05) is 11.6 Å². The number of likely N-dealkylation sites (tertiary alicyclic amines) is 1. The lowest BCUT2D eigenvalue weighted by atomic mass is 9.91. The predicted molar refractivity (Wildman–Crippen MR) is 119 cm³/mol. The quantitative estimate of drug-likeness (QED) is 0.350. The Kier molecular flexibility index (Phi) is 7.29. The summed E-state index contributed by atoms with van der Waals surface area (Å²) in [4.78, 5) is 27.8. The Balaban J connectivity index is 1.80. The normalized spacial score (nSPS) is 18.5. The number of amides is 2. The van der Waals surface area contributed by atoms with Crippen LogP contribution in [0, 0.1) is 24.1 Å². The summed E-state index contributed by atoms with van der Waals surface area (Å²) in [5.74, 6) is -1.94. The molecule has 8 nitrogen and oxygen atoms in total. The second-order valence-electron chi connectivity index (χ2n) is 7.88. The molecule has 1 aliphatic heterocycles. The standard InChI is InChI=1S/C23H26FN5O3/c1-14-3-7-19(28-26-10-9-25)18(11-14)23(32)29-13-16(5-4-15(29)2)22(31)27-20-12-17(24)6-8-21(20)30/h3,6-9,11-12,15-16,25,30H,4-5,10,13H2,1-2H3,(H,27,31)/t15-,16?/m1/s1. The third-order valence-corrected chi connectivity index (χ3v) is 5.46. The molecule has 2 aromatic rings. The van der Waals surface area contributed by atoms with Gasteiger partial charge in [0.15, 0.2) is 0 Å². The number of azo groups is 1. The molecule has 3 rings (SSSR count). The fourth-order valence-corrected chi connectivity index (χ4v) is 3.67. The maximum atomic E-state index is 13.5. The molecule has 2 atom stereocenters. The van der Waals surface area contributed by atoms with Gasteiger partial charge in [0.25, 0.3) is 5.91 Å². The van der Waals surface area contributed by atoms with Crippen molar-refractivity contribution in [1.29, 1.82) is 5.41 Å². The van der Waals surface area contributed by atoms with Gasteiger partial charge in [-0.15, -0.1) is 0 Å². The molecule has 1 heterocycles. The highest BCUT2D eigenvalue weighted by Gasteiger charge is 2.34. The number of hydrogen-bond acceptors (Lipinski definition) is 6. The first-order valence-corrected chi connectivity index (χ1v) is 10.4. The number of nitrogens with one attached hydrogen (secondary N) is 2. The van der Waals surface area contributed by atoms with E-state index < -0.39 is 11.7 Å². The number of rotatable bonds is 6. The molecule has 168 valence electrons. The summed E-state index contributed by atoms with van der Waals surface area (Å²) in [6.45, 7) is 4.11. The van der Waals surface area contributed by atoms with Crippen LogP contribution in [0.3, 0.4) is 0 Å². The Morgan fingerprint density at radius 2 is 2.06 bits per heavy atom. The van der Waals surface area contributed by atoms with Gasteiger partial charge in [0.05, 0.1) is 29.4 Å². The molecule has 1 aliphatic rings. The summed E-state index contributed by atoms with van der Waals surface area (Å²) in [5, 5.41) is 27.5. The van der Waals surface area contributed by atoms with Crippen LogP contribution in [0.25, 0.3) is 0 Å². The highest BCUT2D eigenvalue weighted by Crippen LogP contribution is 2.30. The number of anilines is 1. The summed E-state index contributed by atoms with van der Waals surface area (Å²) in [5.41, 5.74) is 1.68. The monoisotopic (exact) mass is 439 g/mol. The van der Waals surface area contributed by atoms with Gasteiger partial charge in [0.2, 0.25) is 5.91 Å². The van der Waals surface area contributed by atoms with Gasteiger partial charge >= 0.3 is 0 Å². The fraction of sp³-hybridized carbons (Fsp3) is 0.348. The Bertz CT molecular complexity index is 1060. The molecule has 32 heavy (non-hydrogen) atoms. The average molecular weight is 439 g/mol. The number of phenolic OH excluding ortho intramolecular Hbond substituents is 1. The van der Waals surface area contributed by atoms with Crippen molar-refractivity contribution >= 4 is 29.4 Å².